The summed E-state index contributed by atoms with van der Waals surface area (Å²) in [4.78, 5) is 13.2. The van der Waals surface area contributed by atoms with Crippen molar-refractivity contribution in [3.8, 4) is 0 Å². The van der Waals surface area contributed by atoms with E-state index < -0.39 is 35.4 Å². The maximum Gasteiger partial charge on any atom is 0.416 e. The Morgan fingerprint density at radius 2 is 1.37 bits per heavy atom. The standard InChI is InChI=1S/C27H23F6NO/c1-16-13-17(2)23(18(3)14-16)25(35)34-24(20-7-5-4-6-8-20)22(27(31,32)33)15-19-9-11-21(12-10-19)26(28,29)30/h4-15,24H,1-3H3,(H,34,35). The van der Waals surface area contributed by atoms with Crippen molar-refractivity contribution in [2.45, 2.75) is 39.2 Å². The zero-order valence-electron chi connectivity index (χ0n) is 19.2. The fourth-order valence-corrected chi connectivity index (χ4v) is 4.00. The molecule has 2 nitrogen and oxygen atoms in total. The highest BCUT2D eigenvalue weighted by Gasteiger charge is 2.40. The Bertz CT molecular complexity index is 1200. The van der Waals surface area contributed by atoms with E-state index in [0.717, 1.165) is 35.9 Å². The first-order chi connectivity index (χ1) is 16.3. The number of carbonyl (C=O) groups excluding carboxylic acids is 1. The predicted octanol–water partition coefficient (Wildman–Crippen LogP) is 7.75. The van der Waals surface area contributed by atoms with Crippen molar-refractivity contribution in [1.82, 2.24) is 5.32 Å². The first-order valence-corrected chi connectivity index (χ1v) is 10.7. The summed E-state index contributed by atoms with van der Waals surface area (Å²) in [6.07, 6.45) is -8.74. The zero-order chi connectivity index (χ0) is 26.0. The summed E-state index contributed by atoms with van der Waals surface area (Å²) < 4.78 is 81.4. The van der Waals surface area contributed by atoms with Gasteiger partial charge in [0, 0.05) is 5.56 Å². The minimum atomic E-state index is -4.88. The molecule has 0 bridgehead atoms. The monoisotopic (exact) mass is 491 g/mol. The number of amides is 1. The van der Waals surface area contributed by atoms with Crippen LogP contribution in [0.2, 0.25) is 0 Å². The molecule has 0 aliphatic heterocycles. The maximum atomic E-state index is 14.3. The topological polar surface area (TPSA) is 29.1 Å². The highest BCUT2D eigenvalue weighted by molar-refractivity contribution is 5.97. The Morgan fingerprint density at radius 1 is 0.829 bits per heavy atom. The highest BCUT2D eigenvalue weighted by Crippen LogP contribution is 2.38. The Balaban J connectivity index is 2.10. The largest absolute Gasteiger partial charge is 0.416 e. The van der Waals surface area contributed by atoms with Crippen molar-refractivity contribution in [3.63, 3.8) is 0 Å². The summed E-state index contributed by atoms with van der Waals surface area (Å²) in [5.74, 6) is -0.684. The third-order valence-electron chi connectivity index (χ3n) is 5.51. The molecule has 0 radical (unpaired) electrons. The van der Waals surface area contributed by atoms with Gasteiger partial charge in [-0.05, 0) is 61.2 Å². The van der Waals surface area contributed by atoms with Crippen LogP contribution in [0.15, 0.2) is 72.3 Å². The first kappa shape index (κ1) is 26.1. The van der Waals surface area contributed by atoms with Gasteiger partial charge in [-0.2, -0.15) is 26.3 Å². The zero-order valence-corrected chi connectivity index (χ0v) is 19.2. The molecule has 0 spiro atoms. The van der Waals surface area contributed by atoms with Gasteiger partial charge in [-0.3, -0.25) is 4.79 Å². The van der Waals surface area contributed by atoms with Gasteiger partial charge in [-0.15, -0.1) is 0 Å². The Morgan fingerprint density at radius 3 is 1.86 bits per heavy atom. The number of hydrogen-bond acceptors (Lipinski definition) is 1. The second kappa shape index (κ2) is 9.98. The number of hydrogen-bond donors (Lipinski definition) is 1. The summed E-state index contributed by atoms with van der Waals surface area (Å²) in [5.41, 5.74) is 0.434. The van der Waals surface area contributed by atoms with Gasteiger partial charge >= 0.3 is 12.4 Å². The summed E-state index contributed by atoms with van der Waals surface area (Å²) in [7, 11) is 0. The minimum absolute atomic E-state index is 0.0804. The van der Waals surface area contributed by atoms with E-state index >= 15 is 0 Å². The van der Waals surface area contributed by atoms with E-state index in [9.17, 15) is 31.1 Å². The lowest BCUT2D eigenvalue weighted by Gasteiger charge is -2.25. The molecule has 3 aromatic rings. The lowest BCUT2D eigenvalue weighted by molar-refractivity contribution is -0.137. The minimum Gasteiger partial charge on any atom is -0.341 e. The molecular weight excluding hydrogens is 468 g/mol. The molecule has 184 valence electrons. The third-order valence-corrected chi connectivity index (χ3v) is 5.51. The van der Waals surface area contributed by atoms with Crippen LogP contribution < -0.4 is 5.32 Å². The molecule has 1 atom stereocenters. The number of alkyl halides is 6. The van der Waals surface area contributed by atoms with Gasteiger partial charge in [0.1, 0.15) is 0 Å². The van der Waals surface area contributed by atoms with Gasteiger partial charge < -0.3 is 5.32 Å². The number of halogens is 6. The maximum absolute atomic E-state index is 14.3. The van der Waals surface area contributed by atoms with Gasteiger partial charge in [0.05, 0.1) is 17.2 Å². The van der Waals surface area contributed by atoms with E-state index in [-0.39, 0.29) is 16.7 Å². The van der Waals surface area contributed by atoms with Crippen LogP contribution in [-0.2, 0) is 6.18 Å². The summed E-state index contributed by atoms with van der Waals surface area (Å²) in [6.45, 7) is 5.26. The predicted molar refractivity (Wildman–Crippen MR) is 123 cm³/mol. The summed E-state index contributed by atoms with van der Waals surface area (Å²) >= 11 is 0. The van der Waals surface area contributed by atoms with Gasteiger partial charge in [-0.1, -0.05) is 60.2 Å². The molecule has 0 saturated carbocycles. The van der Waals surface area contributed by atoms with Crippen molar-refractivity contribution in [3.05, 3.63) is 111 Å². The quantitative estimate of drug-likeness (QED) is 0.363. The molecule has 3 rings (SSSR count). The van der Waals surface area contributed by atoms with Gasteiger partial charge in [0.25, 0.3) is 5.91 Å². The van der Waals surface area contributed by atoms with E-state index in [1.807, 2.05) is 6.92 Å². The fourth-order valence-electron chi connectivity index (χ4n) is 4.00. The number of carbonyl (C=O) groups is 1. The van der Waals surface area contributed by atoms with Crippen LogP contribution in [-0.4, -0.2) is 12.1 Å². The van der Waals surface area contributed by atoms with Crippen LogP contribution in [0, 0.1) is 20.8 Å². The van der Waals surface area contributed by atoms with Crippen molar-refractivity contribution in [1.29, 1.82) is 0 Å². The lowest BCUT2D eigenvalue weighted by Crippen LogP contribution is -2.35. The third kappa shape index (κ3) is 6.32. The molecule has 0 aliphatic carbocycles. The van der Waals surface area contributed by atoms with Crippen molar-refractivity contribution in [2.24, 2.45) is 0 Å². The molecule has 0 aliphatic rings. The number of aryl methyl sites for hydroxylation is 3. The Labute approximate surface area is 199 Å². The lowest BCUT2D eigenvalue weighted by atomic mass is 9.94. The smallest absolute Gasteiger partial charge is 0.341 e. The normalized spacial score (nSPS) is 13.5. The summed E-state index contributed by atoms with van der Waals surface area (Å²) in [6, 6.07) is 12.9. The van der Waals surface area contributed by atoms with Crippen LogP contribution in [0.25, 0.3) is 6.08 Å². The SMILES string of the molecule is Cc1cc(C)c(C(=O)NC(C(=Cc2ccc(C(F)(F)F)cc2)C(F)(F)F)c2ccccc2)c(C)c1. The van der Waals surface area contributed by atoms with Crippen LogP contribution in [0.4, 0.5) is 26.3 Å². The van der Waals surface area contributed by atoms with E-state index in [2.05, 4.69) is 5.32 Å². The molecular formula is C27H23F6NO. The molecule has 3 aromatic carbocycles. The second-order valence-electron chi connectivity index (χ2n) is 8.31. The van der Waals surface area contributed by atoms with Crippen LogP contribution in [0.1, 0.15) is 49.8 Å². The van der Waals surface area contributed by atoms with E-state index in [4.69, 9.17) is 0 Å². The number of benzene rings is 3. The summed E-state index contributed by atoms with van der Waals surface area (Å²) in [5, 5.41) is 2.51. The average molecular weight is 491 g/mol. The fraction of sp³-hybridized carbons (Fsp3) is 0.222. The molecule has 0 fully saturated rings. The van der Waals surface area contributed by atoms with Crippen LogP contribution in [0.5, 0.6) is 0 Å². The highest BCUT2D eigenvalue weighted by atomic mass is 19.4. The van der Waals surface area contributed by atoms with E-state index in [1.54, 1.807) is 44.2 Å². The van der Waals surface area contributed by atoms with E-state index in [1.165, 1.54) is 12.1 Å². The molecule has 1 N–H and O–H groups in total. The molecule has 1 amide bonds. The van der Waals surface area contributed by atoms with Crippen LogP contribution in [0.3, 0.4) is 0 Å². The number of nitrogens with one attached hydrogen (secondary N) is 1. The molecule has 35 heavy (non-hydrogen) atoms. The van der Waals surface area contributed by atoms with Gasteiger partial charge in [0.2, 0.25) is 0 Å². The molecule has 0 heterocycles. The Hall–Kier alpha value is -3.55. The average Bonchev–Trinajstić information content (AvgIpc) is 2.75. The van der Waals surface area contributed by atoms with Gasteiger partial charge in [0.15, 0.2) is 0 Å². The van der Waals surface area contributed by atoms with Crippen molar-refractivity contribution < 1.29 is 31.1 Å². The first-order valence-electron chi connectivity index (χ1n) is 10.7. The molecule has 8 heteroatoms. The van der Waals surface area contributed by atoms with E-state index in [0.29, 0.717) is 11.1 Å². The number of rotatable bonds is 5. The van der Waals surface area contributed by atoms with Crippen molar-refractivity contribution in [2.75, 3.05) is 0 Å². The molecule has 1 unspecified atom stereocenters. The van der Waals surface area contributed by atoms with Crippen LogP contribution >= 0.6 is 0 Å². The molecule has 0 aromatic heterocycles. The van der Waals surface area contributed by atoms with Gasteiger partial charge in [-0.25, -0.2) is 0 Å². The Kier molecular flexibility index (Phi) is 7.43. The second-order valence-corrected chi connectivity index (χ2v) is 8.31. The molecule has 0 saturated heterocycles. The van der Waals surface area contributed by atoms with Crippen molar-refractivity contribution >= 4 is 12.0 Å².